The van der Waals surface area contributed by atoms with Gasteiger partial charge in [0.25, 0.3) is 0 Å². The Morgan fingerprint density at radius 2 is 2.07 bits per heavy atom. The predicted octanol–water partition coefficient (Wildman–Crippen LogP) is 0.559. The molecule has 80 valence electrons. The summed E-state index contributed by atoms with van der Waals surface area (Å²) in [4.78, 5) is 10.5. The van der Waals surface area contributed by atoms with Crippen molar-refractivity contribution in [2.24, 2.45) is 16.8 Å². The van der Waals surface area contributed by atoms with E-state index in [0.717, 1.165) is 25.7 Å². The lowest BCUT2D eigenvalue weighted by Crippen LogP contribution is -2.46. The summed E-state index contributed by atoms with van der Waals surface area (Å²) in [6, 6.07) is -0.225. The molecule has 0 aromatic carbocycles. The molecule has 0 aromatic rings. The zero-order chi connectivity index (χ0) is 10.6. The van der Waals surface area contributed by atoms with Gasteiger partial charge in [0.05, 0.1) is 0 Å². The third kappa shape index (κ3) is 2.51. The summed E-state index contributed by atoms with van der Waals surface area (Å²) in [6.07, 6.45) is 2.40. The van der Waals surface area contributed by atoms with Crippen LogP contribution in [0, 0.1) is 5.92 Å². The lowest BCUT2D eigenvalue weighted by atomic mass is 9.84. The van der Waals surface area contributed by atoms with Crippen molar-refractivity contribution >= 4 is 11.9 Å². The van der Waals surface area contributed by atoms with Crippen LogP contribution in [0.4, 0.5) is 4.79 Å². The zero-order valence-corrected chi connectivity index (χ0v) is 7.81. The fourth-order valence-corrected chi connectivity index (χ4v) is 1.89. The van der Waals surface area contributed by atoms with E-state index in [0.29, 0.717) is 0 Å². The standard InChI is InChI=1S/C8H15N3O3/c9-7(11-14)5-3-1-2-4-6(5)10-8(12)13/h5-6,10,14H,1-4H2,(H2,9,11)(H,12,13). The molecule has 1 amide bonds. The van der Waals surface area contributed by atoms with Gasteiger partial charge in [-0.1, -0.05) is 18.0 Å². The Kier molecular flexibility index (Phi) is 3.55. The van der Waals surface area contributed by atoms with Crippen molar-refractivity contribution in [1.29, 1.82) is 0 Å². The van der Waals surface area contributed by atoms with Crippen molar-refractivity contribution in [3.05, 3.63) is 0 Å². The molecule has 6 nitrogen and oxygen atoms in total. The van der Waals surface area contributed by atoms with E-state index in [9.17, 15) is 4.79 Å². The summed E-state index contributed by atoms with van der Waals surface area (Å²) >= 11 is 0. The Labute approximate surface area is 81.8 Å². The molecule has 2 atom stereocenters. The Morgan fingerprint density at radius 1 is 1.43 bits per heavy atom. The minimum atomic E-state index is -1.06. The van der Waals surface area contributed by atoms with Gasteiger partial charge in [0, 0.05) is 12.0 Å². The highest BCUT2D eigenvalue weighted by Crippen LogP contribution is 2.24. The van der Waals surface area contributed by atoms with E-state index >= 15 is 0 Å². The fraction of sp³-hybridized carbons (Fsp3) is 0.750. The van der Waals surface area contributed by atoms with Gasteiger partial charge in [-0.25, -0.2) is 4.79 Å². The van der Waals surface area contributed by atoms with E-state index in [1.807, 2.05) is 0 Å². The molecule has 14 heavy (non-hydrogen) atoms. The van der Waals surface area contributed by atoms with Crippen LogP contribution in [0.5, 0.6) is 0 Å². The highest BCUT2D eigenvalue weighted by atomic mass is 16.4. The molecule has 2 unspecified atom stereocenters. The van der Waals surface area contributed by atoms with Crippen LogP contribution in [0.3, 0.4) is 0 Å². The number of oxime groups is 1. The van der Waals surface area contributed by atoms with Crippen LogP contribution in [0.2, 0.25) is 0 Å². The number of amidine groups is 1. The molecule has 1 aliphatic carbocycles. The van der Waals surface area contributed by atoms with E-state index in [-0.39, 0.29) is 17.8 Å². The van der Waals surface area contributed by atoms with E-state index in [2.05, 4.69) is 10.5 Å². The molecular weight excluding hydrogens is 186 g/mol. The number of rotatable bonds is 2. The molecule has 1 fully saturated rings. The molecule has 0 bridgehead atoms. The number of nitrogens with one attached hydrogen (secondary N) is 1. The van der Waals surface area contributed by atoms with Crippen LogP contribution < -0.4 is 11.1 Å². The van der Waals surface area contributed by atoms with E-state index in [1.54, 1.807) is 0 Å². The minimum absolute atomic E-state index is 0.114. The molecule has 0 radical (unpaired) electrons. The molecule has 1 saturated carbocycles. The van der Waals surface area contributed by atoms with Gasteiger partial charge in [-0.05, 0) is 12.8 Å². The van der Waals surface area contributed by atoms with Gasteiger partial charge in [-0.2, -0.15) is 0 Å². The lowest BCUT2D eigenvalue weighted by Gasteiger charge is -2.30. The number of nitrogens with two attached hydrogens (primary N) is 1. The summed E-state index contributed by atoms with van der Waals surface area (Å²) in [6.45, 7) is 0. The average molecular weight is 201 g/mol. The highest BCUT2D eigenvalue weighted by molar-refractivity contribution is 5.83. The summed E-state index contributed by atoms with van der Waals surface area (Å²) < 4.78 is 0. The Hall–Kier alpha value is -1.46. The second kappa shape index (κ2) is 4.69. The van der Waals surface area contributed by atoms with E-state index in [4.69, 9.17) is 16.0 Å². The van der Waals surface area contributed by atoms with Gasteiger partial charge in [-0.15, -0.1) is 0 Å². The third-order valence-corrected chi connectivity index (χ3v) is 2.57. The van der Waals surface area contributed by atoms with Crippen molar-refractivity contribution in [2.75, 3.05) is 0 Å². The SMILES string of the molecule is N/C(=N/O)C1CCCCC1NC(=O)O. The summed E-state index contributed by atoms with van der Waals surface area (Å²) in [5, 5.41) is 22.4. The number of amides is 1. The van der Waals surface area contributed by atoms with Crippen molar-refractivity contribution in [3.63, 3.8) is 0 Å². The molecular formula is C8H15N3O3. The topological polar surface area (TPSA) is 108 Å². The summed E-state index contributed by atoms with van der Waals surface area (Å²) in [5.41, 5.74) is 5.48. The van der Waals surface area contributed by atoms with Crippen LogP contribution >= 0.6 is 0 Å². The van der Waals surface area contributed by atoms with E-state index in [1.165, 1.54) is 0 Å². The average Bonchev–Trinajstić information content (AvgIpc) is 2.16. The number of carbonyl (C=O) groups is 1. The maximum Gasteiger partial charge on any atom is 0.404 e. The molecule has 0 aliphatic heterocycles. The van der Waals surface area contributed by atoms with Crippen molar-refractivity contribution in [1.82, 2.24) is 5.32 Å². The smallest absolute Gasteiger partial charge is 0.404 e. The fourth-order valence-electron chi connectivity index (χ4n) is 1.89. The van der Waals surface area contributed by atoms with Crippen molar-refractivity contribution in [3.8, 4) is 0 Å². The van der Waals surface area contributed by atoms with Crippen LogP contribution in [-0.4, -0.2) is 28.3 Å². The molecule has 1 aliphatic rings. The molecule has 0 spiro atoms. The first-order valence-corrected chi connectivity index (χ1v) is 4.62. The first-order valence-electron chi connectivity index (χ1n) is 4.62. The second-order valence-corrected chi connectivity index (χ2v) is 3.47. The van der Waals surface area contributed by atoms with Gasteiger partial charge in [0.15, 0.2) is 0 Å². The predicted molar refractivity (Wildman–Crippen MR) is 50.3 cm³/mol. The van der Waals surface area contributed by atoms with Crippen molar-refractivity contribution < 1.29 is 15.1 Å². The second-order valence-electron chi connectivity index (χ2n) is 3.47. The zero-order valence-electron chi connectivity index (χ0n) is 7.81. The quantitative estimate of drug-likeness (QED) is 0.226. The van der Waals surface area contributed by atoms with E-state index < -0.39 is 6.09 Å². The molecule has 0 heterocycles. The maximum absolute atomic E-state index is 10.5. The Balaban J connectivity index is 2.63. The number of hydrogen-bond acceptors (Lipinski definition) is 3. The van der Waals surface area contributed by atoms with Gasteiger partial charge in [-0.3, -0.25) is 0 Å². The minimum Gasteiger partial charge on any atom is -0.465 e. The number of nitrogens with zero attached hydrogens (tertiary/aromatic N) is 1. The number of hydrogen-bond donors (Lipinski definition) is 4. The summed E-state index contributed by atoms with van der Waals surface area (Å²) in [7, 11) is 0. The molecule has 1 rings (SSSR count). The Morgan fingerprint density at radius 3 is 2.64 bits per heavy atom. The van der Waals surface area contributed by atoms with Gasteiger partial charge < -0.3 is 21.4 Å². The number of carboxylic acid groups (broad SMARTS) is 1. The Bertz CT molecular complexity index is 242. The first-order chi connectivity index (χ1) is 6.65. The van der Waals surface area contributed by atoms with Crippen LogP contribution in [-0.2, 0) is 0 Å². The molecule has 0 aromatic heterocycles. The molecule has 5 N–H and O–H groups in total. The molecule has 0 saturated heterocycles. The van der Waals surface area contributed by atoms with Gasteiger partial charge in [0.1, 0.15) is 5.84 Å². The van der Waals surface area contributed by atoms with Crippen LogP contribution in [0.1, 0.15) is 25.7 Å². The maximum atomic E-state index is 10.5. The highest BCUT2D eigenvalue weighted by Gasteiger charge is 2.29. The van der Waals surface area contributed by atoms with Gasteiger partial charge in [0.2, 0.25) is 0 Å². The lowest BCUT2D eigenvalue weighted by molar-refractivity contribution is 0.181. The summed E-state index contributed by atoms with van der Waals surface area (Å²) in [5.74, 6) is -0.0618. The normalized spacial score (nSPS) is 28.4. The van der Waals surface area contributed by atoms with Crippen LogP contribution in [0.25, 0.3) is 0 Å². The van der Waals surface area contributed by atoms with Gasteiger partial charge >= 0.3 is 6.09 Å². The first kappa shape index (κ1) is 10.6. The van der Waals surface area contributed by atoms with Crippen LogP contribution in [0.15, 0.2) is 5.16 Å². The molecule has 6 heteroatoms. The van der Waals surface area contributed by atoms with Crippen molar-refractivity contribution in [2.45, 2.75) is 31.7 Å². The monoisotopic (exact) mass is 201 g/mol. The largest absolute Gasteiger partial charge is 0.465 e. The third-order valence-electron chi connectivity index (χ3n) is 2.57.